The van der Waals surface area contributed by atoms with E-state index in [1.165, 1.54) is 22.8 Å². The Morgan fingerprint density at radius 1 is 1.41 bits per heavy atom. The van der Waals surface area contributed by atoms with E-state index >= 15 is 0 Å². The van der Waals surface area contributed by atoms with E-state index in [0.717, 1.165) is 23.6 Å². The van der Waals surface area contributed by atoms with Crippen molar-refractivity contribution in [1.82, 2.24) is 4.90 Å². The van der Waals surface area contributed by atoms with Crippen LogP contribution in [0, 0.1) is 16.4 Å². The summed E-state index contributed by atoms with van der Waals surface area (Å²) in [6.45, 7) is 3.03. The molecule has 0 spiro atoms. The number of halogens is 1. The van der Waals surface area contributed by atoms with Crippen LogP contribution in [0.4, 0.5) is 0 Å². The van der Waals surface area contributed by atoms with Gasteiger partial charge >= 0.3 is 0 Å². The Bertz CT molecular complexity index is 471. The van der Waals surface area contributed by atoms with Crippen LogP contribution in [0.1, 0.15) is 35.2 Å². The summed E-state index contributed by atoms with van der Waals surface area (Å²) in [7, 11) is 0. The lowest BCUT2D eigenvalue weighted by Gasteiger charge is -2.27. The van der Waals surface area contributed by atoms with Crippen LogP contribution in [0.25, 0.3) is 0 Å². The number of piperidine rings is 1. The van der Waals surface area contributed by atoms with Gasteiger partial charge in [0.15, 0.2) is 0 Å². The van der Waals surface area contributed by atoms with Crippen molar-refractivity contribution in [3.63, 3.8) is 0 Å². The van der Waals surface area contributed by atoms with E-state index in [4.69, 9.17) is 0 Å². The lowest BCUT2D eigenvalue weighted by Crippen LogP contribution is -2.38. The molecule has 2 unspecified atom stereocenters. The van der Waals surface area contributed by atoms with Gasteiger partial charge in [0.05, 0.1) is 0 Å². The molecular formula is C14H16INO. The highest BCUT2D eigenvalue weighted by Crippen LogP contribution is 2.38. The van der Waals surface area contributed by atoms with E-state index in [0.29, 0.717) is 6.04 Å². The van der Waals surface area contributed by atoms with Crippen molar-refractivity contribution in [2.45, 2.75) is 32.2 Å². The Morgan fingerprint density at radius 3 is 2.88 bits per heavy atom. The molecule has 1 heterocycles. The monoisotopic (exact) mass is 341 g/mol. The number of hydrogen-bond donors (Lipinski definition) is 0. The molecule has 2 atom stereocenters. The SMILES string of the molecule is Cc1c(I)cccc1C(=O)N1CC2CCC1C2. The van der Waals surface area contributed by atoms with Gasteiger partial charge in [0.1, 0.15) is 0 Å². The molecule has 0 N–H and O–H groups in total. The zero-order chi connectivity index (χ0) is 12.0. The maximum Gasteiger partial charge on any atom is 0.254 e. The second-order valence-corrected chi connectivity index (χ2v) is 6.37. The Hall–Kier alpha value is -0.580. The maximum atomic E-state index is 12.5. The van der Waals surface area contributed by atoms with Crippen LogP contribution < -0.4 is 0 Å². The topological polar surface area (TPSA) is 20.3 Å². The number of carbonyl (C=O) groups excluding carboxylic acids is 1. The first-order chi connectivity index (χ1) is 8.16. The van der Waals surface area contributed by atoms with Gasteiger partial charge in [0.2, 0.25) is 0 Å². The molecule has 1 aliphatic carbocycles. The summed E-state index contributed by atoms with van der Waals surface area (Å²) in [5.74, 6) is 1.01. The van der Waals surface area contributed by atoms with Crippen LogP contribution in [0.5, 0.6) is 0 Å². The largest absolute Gasteiger partial charge is 0.335 e. The molecule has 1 aromatic carbocycles. The summed E-state index contributed by atoms with van der Waals surface area (Å²) in [5.41, 5.74) is 2.02. The third-order valence-corrected chi connectivity index (χ3v) is 5.34. The van der Waals surface area contributed by atoms with Gasteiger partial charge in [-0.2, -0.15) is 0 Å². The van der Waals surface area contributed by atoms with Crippen LogP contribution in [-0.2, 0) is 0 Å². The molecule has 2 bridgehead atoms. The summed E-state index contributed by atoms with van der Waals surface area (Å²) in [5, 5.41) is 0. The number of fused-ring (bicyclic) bond motifs is 2. The second kappa shape index (κ2) is 4.26. The zero-order valence-corrected chi connectivity index (χ0v) is 12.1. The molecule has 90 valence electrons. The second-order valence-electron chi connectivity index (χ2n) is 5.20. The molecule has 1 saturated heterocycles. The standard InChI is InChI=1S/C14H16INO/c1-9-12(3-2-4-13(9)15)14(17)16-8-10-5-6-11(16)7-10/h2-4,10-11H,5-8H2,1H3. The van der Waals surface area contributed by atoms with E-state index in [9.17, 15) is 4.79 Å². The van der Waals surface area contributed by atoms with Gasteiger partial charge in [-0.1, -0.05) is 6.07 Å². The molecular weight excluding hydrogens is 325 g/mol. The molecule has 1 aliphatic heterocycles. The molecule has 3 heteroatoms. The summed E-state index contributed by atoms with van der Waals surface area (Å²) >= 11 is 2.30. The molecule has 0 aromatic heterocycles. The third kappa shape index (κ3) is 1.88. The molecule has 1 aromatic rings. The van der Waals surface area contributed by atoms with Gasteiger partial charge in [0.25, 0.3) is 5.91 Å². The van der Waals surface area contributed by atoms with Crippen molar-refractivity contribution in [2.24, 2.45) is 5.92 Å². The van der Waals surface area contributed by atoms with Crippen molar-refractivity contribution in [1.29, 1.82) is 0 Å². The fraction of sp³-hybridized carbons (Fsp3) is 0.500. The number of rotatable bonds is 1. The Morgan fingerprint density at radius 2 is 2.24 bits per heavy atom. The highest BCUT2D eigenvalue weighted by Gasteiger charge is 2.40. The van der Waals surface area contributed by atoms with Crippen molar-refractivity contribution >= 4 is 28.5 Å². The highest BCUT2D eigenvalue weighted by molar-refractivity contribution is 14.1. The third-order valence-electron chi connectivity index (χ3n) is 4.17. The summed E-state index contributed by atoms with van der Waals surface area (Å²) in [6.07, 6.45) is 3.76. The predicted molar refractivity (Wildman–Crippen MR) is 76.1 cm³/mol. The fourth-order valence-corrected chi connectivity index (χ4v) is 3.67. The molecule has 2 aliphatic rings. The van der Waals surface area contributed by atoms with E-state index in [2.05, 4.69) is 33.6 Å². The van der Waals surface area contributed by atoms with Gasteiger partial charge in [-0.3, -0.25) is 4.79 Å². The molecule has 2 nitrogen and oxygen atoms in total. The van der Waals surface area contributed by atoms with Crippen LogP contribution in [0.2, 0.25) is 0 Å². The lowest BCUT2D eigenvalue weighted by atomic mass is 10.1. The van der Waals surface area contributed by atoms with Crippen molar-refractivity contribution in [2.75, 3.05) is 6.54 Å². The average Bonchev–Trinajstić information content (AvgIpc) is 2.94. The van der Waals surface area contributed by atoms with E-state index in [1.54, 1.807) is 0 Å². The van der Waals surface area contributed by atoms with Gasteiger partial charge < -0.3 is 4.90 Å². The minimum absolute atomic E-state index is 0.244. The molecule has 0 radical (unpaired) electrons. The summed E-state index contributed by atoms with van der Waals surface area (Å²) in [6, 6.07) is 6.52. The summed E-state index contributed by atoms with van der Waals surface area (Å²) in [4.78, 5) is 14.6. The number of hydrogen-bond acceptors (Lipinski definition) is 1. The number of likely N-dealkylation sites (tertiary alicyclic amines) is 1. The van der Waals surface area contributed by atoms with E-state index in [1.807, 2.05) is 19.1 Å². The minimum atomic E-state index is 0.244. The number of amides is 1. The number of benzene rings is 1. The average molecular weight is 341 g/mol. The Kier molecular flexibility index (Phi) is 2.89. The normalized spacial score (nSPS) is 26.6. The first-order valence-corrected chi connectivity index (χ1v) is 7.31. The van der Waals surface area contributed by atoms with Crippen LogP contribution in [-0.4, -0.2) is 23.4 Å². The smallest absolute Gasteiger partial charge is 0.254 e. The van der Waals surface area contributed by atoms with Gasteiger partial charge in [-0.05, 0) is 72.4 Å². The Labute approximate surface area is 116 Å². The first-order valence-electron chi connectivity index (χ1n) is 6.23. The van der Waals surface area contributed by atoms with Gasteiger partial charge in [-0.15, -0.1) is 0 Å². The molecule has 17 heavy (non-hydrogen) atoms. The zero-order valence-electron chi connectivity index (χ0n) is 9.95. The Balaban J connectivity index is 1.89. The van der Waals surface area contributed by atoms with Crippen LogP contribution in [0.15, 0.2) is 18.2 Å². The summed E-state index contributed by atoms with van der Waals surface area (Å²) < 4.78 is 1.18. The molecule has 3 rings (SSSR count). The fourth-order valence-electron chi connectivity index (χ4n) is 3.17. The molecule has 2 fully saturated rings. The predicted octanol–water partition coefficient (Wildman–Crippen LogP) is 3.22. The maximum absolute atomic E-state index is 12.5. The quantitative estimate of drug-likeness (QED) is 0.719. The van der Waals surface area contributed by atoms with Crippen LogP contribution in [0.3, 0.4) is 0 Å². The van der Waals surface area contributed by atoms with Crippen molar-refractivity contribution < 1.29 is 4.79 Å². The minimum Gasteiger partial charge on any atom is -0.335 e. The number of carbonyl (C=O) groups is 1. The van der Waals surface area contributed by atoms with Crippen LogP contribution >= 0.6 is 22.6 Å². The van der Waals surface area contributed by atoms with Gasteiger partial charge in [0, 0.05) is 21.7 Å². The number of nitrogens with zero attached hydrogens (tertiary/aromatic N) is 1. The van der Waals surface area contributed by atoms with E-state index < -0.39 is 0 Å². The highest BCUT2D eigenvalue weighted by atomic mass is 127. The van der Waals surface area contributed by atoms with Crippen molar-refractivity contribution in [3.8, 4) is 0 Å². The van der Waals surface area contributed by atoms with Crippen molar-refractivity contribution in [3.05, 3.63) is 32.9 Å². The van der Waals surface area contributed by atoms with Gasteiger partial charge in [-0.25, -0.2) is 0 Å². The van der Waals surface area contributed by atoms with E-state index in [-0.39, 0.29) is 5.91 Å². The lowest BCUT2D eigenvalue weighted by molar-refractivity contribution is 0.0703. The molecule has 1 amide bonds. The molecule has 1 saturated carbocycles. The first kappa shape index (κ1) is 11.5.